The number of fused-ring (bicyclic) bond motifs is 1. The first-order chi connectivity index (χ1) is 15.9. The minimum absolute atomic E-state index is 0.201. The Bertz CT molecular complexity index is 1290. The highest BCUT2D eigenvalue weighted by Crippen LogP contribution is 2.36. The Morgan fingerprint density at radius 1 is 1.06 bits per heavy atom. The van der Waals surface area contributed by atoms with Crippen LogP contribution in [0.3, 0.4) is 0 Å². The molecule has 0 saturated heterocycles. The molecular formula is C23H17ClF3N5O. The lowest BCUT2D eigenvalue weighted by molar-refractivity contribution is -0.137. The van der Waals surface area contributed by atoms with E-state index in [4.69, 9.17) is 16.0 Å². The molecule has 10 heteroatoms. The van der Waals surface area contributed by atoms with Crippen molar-refractivity contribution in [2.75, 3.05) is 6.54 Å². The van der Waals surface area contributed by atoms with Gasteiger partial charge >= 0.3 is 6.18 Å². The van der Waals surface area contributed by atoms with Crippen LogP contribution >= 0.6 is 11.6 Å². The van der Waals surface area contributed by atoms with Gasteiger partial charge in [0.1, 0.15) is 17.8 Å². The minimum Gasteiger partial charge on any atom is -0.460 e. The summed E-state index contributed by atoms with van der Waals surface area (Å²) in [5.41, 5.74) is 2.21. The van der Waals surface area contributed by atoms with Crippen LogP contribution < -0.4 is 0 Å². The van der Waals surface area contributed by atoms with Gasteiger partial charge in [-0.05, 0) is 30.3 Å². The van der Waals surface area contributed by atoms with Gasteiger partial charge in [-0.3, -0.25) is 4.90 Å². The summed E-state index contributed by atoms with van der Waals surface area (Å²) in [4.78, 5) is 19.3. The van der Waals surface area contributed by atoms with Crippen molar-refractivity contribution in [1.29, 1.82) is 0 Å². The van der Waals surface area contributed by atoms with Crippen LogP contribution in [0.2, 0.25) is 5.02 Å². The van der Waals surface area contributed by atoms with Crippen LogP contribution in [-0.2, 0) is 25.7 Å². The molecular weight excluding hydrogens is 455 g/mol. The molecule has 0 radical (unpaired) electrons. The molecule has 0 spiro atoms. The first-order valence-electron chi connectivity index (χ1n) is 10.2. The molecule has 4 heterocycles. The molecule has 0 aliphatic carbocycles. The summed E-state index contributed by atoms with van der Waals surface area (Å²) in [5.74, 6) is 1.54. The average molecular weight is 472 g/mol. The predicted octanol–water partition coefficient (Wildman–Crippen LogP) is 5.42. The van der Waals surface area contributed by atoms with Crippen LogP contribution in [0.4, 0.5) is 13.2 Å². The van der Waals surface area contributed by atoms with Gasteiger partial charge in [-0.25, -0.2) is 19.9 Å². The quantitative estimate of drug-likeness (QED) is 0.395. The van der Waals surface area contributed by atoms with E-state index < -0.39 is 11.7 Å². The largest absolute Gasteiger partial charge is 0.460 e. The van der Waals surface area contributed by atoms with Crippen molar-refractivity contribution in [3.05, 3.63) is 82.9 Å². The molecule has 1 aromatic carbocycles. The molecule has 33 heavy (non-hydrogen) atoms. The molecule has 0 atom stereocenters. The third-order valence-corrected chi connectivity index (χ3v) is 5.76. The molecule has 5 rings (SSSR count). The van der Waals surface area contributed by atoms with Gasteiger partial charge in [0, 0.05) is 49.2 Å². The van der Waals surface area contributed by atoms with Crippen molar-refractivity contribution >= 4 is 11.6 Å². The van der Waals surface area contributed by atoms with Gasteiger partial charge in [0.05, 0.1) is 28.4 Å². The fraction of sp³-hybridized carbons (Fsp3) is 0.217. The molecule has 0 amide bonds. The molecule has 3 aromatic heterocycles. The first kappa shape index (κ1) is 21.5. The smallest absolute Gasteiger partial charge is 0.416 e. The van der Waals surface area contributed by atoms with Gasteiger partial charge < -0.3 is 4.42 Å². The number of hydrogen-bond acceptors (Lipinski definition) is 6. The molecule has 1 aliphatic heterocycles. The molecule has 0 N–H and O–H groups in total. The van der Waals surface area contributed by atoms with E-state index in [1.807, 2.05) is 6.20 Å². The summed E-state index contributed by atoms with van der Waals surface area (Å²) in [6.45, 7) is 1.90. The molecule has 6 nitrogen and oxygen atoms in total. The van der Waals surface area contributed by atoms with Gasteiger partial charge in [-0.15, -0.1) is 0 Å². The number of hydrogen-bond donors (Lipinski definition) is 0. The van der Waals surface area contributed by atoms with E-state index in [1.165, 1.54) is 12.4 Å². The Morgan fingerprint density at radius 2 is 1.88 bits per heavy atom. The number of halogens is 4. The van der Waals surface area contributed by atoms with E-state index in [0.717, 1.165) is 41.9 Å². The van der Waals surface area contributed by atoms with Crippen molar-refractivity contribution in [1.82, 2.24) is 24.8 Å². The predicted molar refractivity (Wildman–Crippen MR) is 115 cm³/mol. The van der Waals surface area contributed by atoms with E-state index >= 15 is 0 Å². The fourth-order valence-corrected chi connectivity index (χ4v) is 3.99. The lowest BCUT2D eigenvalue weighted by Crippen LogP contribution is -2.30. The van der Waals surface area contributed by atoms with Crippen LogP contribution in [0, 0.1) is 0 Å². The first-order valence-corrected chi connectivity index (χ1v) is 10.5. The Morgan fingerprint density at radius 3 is 2.67 bits per heavy atom. The molecule has 0 unspecified atom stereocenters. The second-order valence-corrected chi connectivity index (χ2v) is 8.12. The molecule has 4 aromatic rings. The lowest BCUT2D eigenvalue weighted by Gasteiger charge is -2.27. The number of rotatable bonds is 4. The van der Waals surface area contributed by atoms with Crippen LogP contribution in [-0.4, -0.2) is 31.4 Å². The highest BCUT2D eigenvalue weighted by Gasteiger charge is 2.31. The van der Waals surface area contributed by atoms with Crippen LogP contribution in [0.1, 0.15) is 22.6 Å². The fourth-order valence-electron chi connectivity index (χ4n) is 3.78. The molecule has 0 saturated carbocycles. The summed E-state index contributed by atoms with van der Waals surface area (Å²) >= 11 is 6.14. The van der Waals surface area contributed by atoms with E-state index in [1.54, 1.807) is 24.5 Å². The average Bonchev–Trinajstić information content (AvgIpc) is 3.27. The van der Waals surface area contributed by atoms with E-state index in [9.17, 15) is 13.2 Å². The second-order valence-electron chi connectivity index (χ2n) is 7.71. The van der Waals surface area contributed by atoms with Gasteiger partial charge in [0.15, 0.2) is 5.82 Å². The lowest BCUT2D eigenvalue weighted by atomic mass is 10.1. The summed E-state index contributed by atoms with van der Waals surface area (Å²) in [7, 11) is 0. The Labute approximate surface area is 192 Å². The summed E-state index contributed by atoms with van der Waals surface area (Å²) in [6, 6.07) is 6.61. The second kappa shape index (κ2) is 8.57. The van der Waals surface area contributed by atoms with Crippen molar-refractivity contribution < 1.29 is 17.6 Å². The van der Waals surface area contributed by atoms with Gasteiger partial charge in [-0.1, -0.05) is 11.6 Å². The van der Waals surface area contributed by atoms with Gasteiger partial charge in [0.25, 0.3) is 0 Å². The van der Waals surface area contributed by atoms with Crippen LogP contribution in [0.5, 0.6) is 0 Å². The SMILES string of the molecule is FC(F)(F)c1ccc(Cl)c(-c2ccc(CN3CCc4nc(-c5cncnc5)ncc4C3)o2)c1. The summed E-state index contributed by atoms with van der Waals surface area (Å²) < 4.78 is 45.1. The van der Waals surface area contributed by atoms with Crippen molar-refractivity contribution in [2.24, 2.45) is 0 Å². The molecule has 0 fully saturated rings. The minimum atomic E-state index is -4.45. The van der Waals surface area contributed by atoms with Crippen LogP contribution in [0.15, 0.2) is 59.7 Å². The zero-order chi connectivity index (χ0) is 23.0. The maximum absolute atomic E-state index is 13.1. The Kier molecular flexibility index (Phi) is 5.59. The Hall–Kier alpha value is -3.30. The van der Waals surface area contributed by atoms with Crippen molar-refractivity contribution in [3.8, 4) is 22.7 Å². The highest BCUT2D eigenvalue weighted by molar-refractivity contribution is 6.33. The third-order valence-electron chi connectivity index (χ3n) is 5.43. The van der Waals surface area contributed by atoms with Crippen molar-refractivity contribution in [2.45, 2.75) is 25.7 Å². The van der Waals surface area contributed by atoms with Crippen molar-refractivity contribution in [3.63, 3.8) is 0 Å². The van der Waals surface area contributed by atoms with E-state index in [0.29, 0.717) is 30.4 Å². The van der Waals surface area contributed by atoms with Gasteiger partial charge in [0.2, 0.25) is 0 Å². The van der Waals surface area contributed by atoms with Crippen LogP contribution in [0.25, 0.3) is 22.7 Å². The topological polar surface area (TPSA) is 67.9 Å². The summed E-state index contributed by atoms with van der Waals surface area (Å²) in [6.07, 6.45) is 2.91. The van der Waals surface area contributed by atoms with E-state index in [2.05, 4.69) is 24.8 Å². The maximum atomic E-state index is 13.1. The monoisotopic (exact) mass is 471 g/mol. The van der Waals surface area contributed by atoms with Gasteiger partial charge in [-0.2, -0.15) is 13.2 Å². The maximum Gasteiger partial charge on any atom is 0.416 e. The number of aromatic nitrogens is 4. The molecule has 1 aliphatic rings. The Balaban J connectivity index is 1.31. The molecule has 168 valence electrons. The molecule has 0 bridgehead atoms. The number of furan rings is 1. The zero-order valence-electron chi connectivity index (χ0n) is 17.2. The number of nitrogens with zero attached hydrogens (tertiary/aromatic N) is 5. The number of benzene rings is 1. The third kappa shape index (κ3) is 4.60. The highest BCUT2D eigenvalue weighted by atomic mass is 35.5. The standard InChI is InChI=1S/C23H17ClF3N5O/c24-19-3-1-16(23(25,26)27)7-18(19)21-4-2-17(33-21)12-32-6-5-20-15(11-32)10-30-22(31-20)14-8-28-13-29-9-14/h1-4,7-10,13H,5-6,11-12H2. The van der Waals surface area contributed by atoms with E-state index in [-0.39, 0.29) is 10.6 Å². The summed E-state index contributed by atoms with van der Waals surface area (Å²) in [5, 5.41) is 0.201. The normalized spacial score (nSPS) is 14.3. The number of alkyl halides is 3. The zero-order valence-corrected chi connectivity index (χ0v) is 17.9.